The molecular weight excluding hydrogens is 448 g/mol. The molecule has 0 aliphatic carbocycles. The molecule has 2 aromatic carbocycles. The van der Waals surface area contributed by atoms with Crippen molar-refractivity contribution in [2.75, 3.05) is 0 Å². The number of hydrogen-bond donors (Lipinski definition) is 3. The minimum atomic E-state index is -1.28. The van der Waals surface area contributed by atoms with Gasteiger partial charge in [-0.25, -0.2) is 9.59 Å². The highest BCUT2D eigenvalue weighted by atomic mass is 16.6. The third-order valence-electron chi connectivity index (χ3n) is 6.40. The molecule has 0 saturated carbocycles. The number of carbonyl (C=O) groups excluding carboxylic acids is 1. The first-order valence-corrected chi connectivity index (χ1v) is 12.7. The van der Waals surface area contributed by atoms with Crippen molar-refractivity contribution in [3.05, 3.63) is 40.5 Å². The van der Waals surface area contributed by atoms with Gasteiger partial charge in [-0.05, 0) is 37.3 Å². The summed E-state index contributed by atoms with van der Waals surface area (Å²) < 4.78 is 11.7. The van der Waals surface area contributed by atoms with Gasteiger partial charge in [0.2, 0.25) is 0 Å². The topological polar surface area (TPSA) is 113 Å². The van der Waals surface area contributed by atoms with E-state index in [1.807, 2.05) is 0 Å². The Balaban J connectivity index is 1.98. The van der Waals surface area contributed by atoms with Gasteiger partial charge in [0.1, 0.15) is 28.4 Å². The second-order valence-electron chi connectivity index (χ2n) is 9.18. The van der Waals surface area contributed by atoms with Crippen molar-refractivity contribution >= 4 is 11.9 Å². The van der Waals surface area contributed by atoms with E-state index in [-0.39, 0.29) is 39.7 Å². The van der Waals surface area contributed by atoms with Crippen LogP contribution in [0.1, 0.15) is 110 Å². The van der Waals surface area contributed by atoms with Gasteiger partial charge in [0.25, 0.3) is 0 Å². The van der Waals surface area contributed by atoms with Crippen molar-refractivity contribution in [3.8, 4) is 28.7 Å². The summed E-state index contributed by atoms with van der Waals surface area (Å²) in [7, 11) is 0. The van der Waals surface area contributed by atoms with Gasteiger partial charge >= 0.3 is 11.9 Å². The van der Waals surface area contributed by atoms with Crippen molar-refractivity contribution in [1.82, 2.24) is 0 Å². The van der Waals surface area contributed by atoms with Crippen LogP contribution in [-0.2, 0) is 12.8 Å². The molecule has 7 nitrogen and oxygen atoms in total. The Bertz CT molecular complexity index is 1060. The van der Waals surface area contributed by atoms with Crippen LogP contribution in [0.25, 0.3) is 0 Å². The molecule has 3 rings (SSSR count). The summed E-state index contributed by atoms with van der Waals surface area (Å²) in [6.45, 7) is 4.26. The minimum absolute atomic E-state index is 0.0226. The van der Waals surface area contributed by atoms with Crippen LogP contribution in [0.3, 0.4) is 0 Å². The third-order valence-corrected chi connectivity index (χ3v) is 6.40. The second-order valence-corrected chi connectivity index (χ2v) is 9.18. The Kier molecular flexibility index (Phi) is 9.40. The average molecular weight is 485 g/mol. The van der Waals surface area contributed by atoms with Crippen LogP contribution in [0, 0.1) is 0 Å². The summed E-state index contributed by atoms with van der Waals surface area (Å²) in [6, 6.07) is 4.02. The van der Waals surface area contributed by atoms with Crippen LogP contribution in [0.5, 0.6) is 28.7 Å². The molecule has 0 amide bonds. The van der Waals surface area contributed by atoms with Crippen molar-refractivity contribution < 1.29 is 34.4 Å². The molecule has 35 heavy (non-hydrogen) atoms. The van der Waals surface area contributed by atoms with Crippen molar-refractivity contribution in [2.45, 2.75) is 90.9 Å². The summed E-state index contributed by atoms with van der Waals surface area (Å²) in [6.07, 6.45) is 10.9. The smallest absolute Gasteiger partial charge is 0.347 e. The Morgan fingerprint density at radius 2 is 1.43 bits per heavy atom. The van der Waals surface area contributed by atoms with E-state index < -0.39 is 17.7 Å². The summed E-state index contributed by atoms with van der Waals surface area (Å²) in [5.74, 6) is -2.24. The predicted octanol–water partition coefficient (Wildman–Crippen LogP) is 7.15. The number of rotatable bonds is 13. The molecule has 0 aromatic heterocycles. The van der Waals surface area contributed by atoms with Gasteiger partial charge in [0, 0.05) is 17.7 Å². The van der Waals surface area contributed by atoms with E-state index >= 15 is 0 Å². The zero-order valence-corrected chi connectivity index (χ0v) is 20.7. The maximum atomic E-state index is 13.1. The van der Waals surface area contributed by atoms with Crippen LogP contribution in [0.2, 0.25) is 0 Å². The molecule has 0 radical (unpaired) electrons. The van der Waals surface area contributed by atoms with E-state index in [0.717, 1.165) is 63.9 Å². The van der Waals surface area contributed by atoms with Gasteiger partial charge in [0.05, 0.1) is 0 Å². The monoisotopic (exact) mass is 484 g/mol. The molecular formula is C28H36O7. The number of phenols is 2. The van der Waals surface area contributed by atoms with Crippen molar-refractivity contribution in [3.63, 3.8) is 0 Å². The van der Waals surface area contributed by atoms with E-state index in [9.17, 15) is 24.9 Å². The van der Waals surface area contributed by atoms with E-state index in [0.29, 0.717) is 24.8 Å². The fourth-order valence-electron chi connectivity index (χ4n) is 4.60. The number of aromatic hydroxyl groups is 2. The van der Waals surface area contributed by atoms with E-state index in [2.05, 4.69) is 13.8 Å². The second kappa shape index (κ2) is 12.5. The first-order chi connectivity index (χ1) is 16.9. The third kappa shape index (κ3) is 6.47. The van der Waals surface area contributed by atoms with Crippen molar-refractivity contribution in [1.29, 1.82) is 0 Å². The quantitative estimate of drug-likeness (QED) is 0.157. The molecule has 0 saturated heterocycles. The highest BCUT2D eigenvalue weighted by Crippen LogP contribution is 2.47. The molecule has 0 spiro atoms. The lowest BCUT2D eigenvalue weighted by atomic mass is 9.97. The number of unbranched alkanes of at least 4 members (excludes halogenated alkanes) is 8. The number of ether oxygens (including phenoxy) is 2. The first kappa shape index (κ1) is 26.4. The molecule has 1 aliphatic rings. The van der Waals surface area contributed by atoms with E-state index in [4.69, 9.17) is 9.47 Å². The minimum Gasteiger partial charge on any atom is -0.508 e. The molecule has 0 bridgehead atoms. The van der Waals surface area contributed by atoms with Gasteiger partial charge in [-0.2, -0.15) is 0 Å². The van der Waals surface area contributed by atoms with Crippen LogP contribution in [-0.4, -0.2) is 27.3 Å². The number of hydrogen-bond acceptors (Lipinski definition) is 6. The van der Waals surface area contributed by atoms with Gasteiger partial charge in [-0.3, -0.25) is 0 Å². The summed E-state index contributed by atoms with van der Waals surface area (Å²) in [4.78, 5) is 25.1. The highest BCUT2D eigenvalue weighted by molar-refractivity contribution is 5.99. The van der Waals surface area contributed by atoms with E-state index in [1.165, 1.54) is 6.07 Å². The van der Waals surface area contributed by atoms with E-state index in [1.54, 1.807) is 6.07 Å². The lowest BCUT2D eigenvalue weighted by Gasteiger charge is -2.16. The van der Waals surface area contributed by atoms with Gasteiger partial charge in [-0.15, -0.1) is 0 Å². The van der Waals surface area contributed by atoms with Crippen molar-refractivity contribution in [2.24, 2.45) is 0 Å². The number of phenolic OH excluding ortho intramolecular Hbond substituents is 1. The molecule has 3 N–H and O–H groups in total. The molecule has 2 aromatic rings. The summed E-state index contributed by atoms with van der Waals surface area (Å²) >= 11 is 0. The molecule has 7 heteroatoms. The number of aromatic carboxylic acids is 1. The molecule has 190 valence electrons. The molecule has 0 unspecified atom stereocenters. The average Bonchev–Trinajstić information content (AvgIpc) is 2.93. The Hall–Kier alpha value is -3.22. The largest absolute Gasteiger partial charge is 0.508 e. The Morgan fingerprint density at radius 1 is 0.800 bits per heavy atom. The summed E-state index contributed by atoms with van der Waals surface area (Å²) in [5.41, 5.74) is 0.877. The Morgan fingerprint density at radius 3 is 2.06 bits per heavy atom. The number of carboxylic acids is 1. The fourth-order valence-corrected chi connectivity index (χ4v) is 4.60. The number of esters is 1. The van der Waals surface area contributed by atoms with Crippen LogP contribution < -0.4 is 9.47 Å². The highest BCUT2D eigenvalue weighted by Gasteiger charge is 2.32. The zero-order chi connectivity index (χ0) is 25.4. The maximum Gasteiger partial charge on any atom is 0.347 e. The standard InChI is InChI=1S/C28H36O7/c1-3-5-7-9-11-13-18-15-19(29)16-22-24(18)28(33)35-23-17-21(30)25(27(31)32)20(26(23)34-22)14-12-10-8-6-4-2/h15-17,29-30H,3-14H2,1-2H3,(H,31,32). The fraction of sp³-hybridized carbons (Fsp3) is 0.500. The summed E-state index contributed by atoms with van der Waals surface area (Å²) in [5, 5.41) is 30.6. The van der Waals surface area contributed by atoms with Crippen LogP contribution in [0.15, 0.2) is 18.2 Å². The van der Waals surface area contributed by atoms with Gasteiger partial charge in [0.15, 0.2) is 11.5 Å². The first-order valence-electron chi connectivity index (χ1n) is 12.7. The molecule has 0 fully saturated rings. The van der Waals surface area contributed by atoms with Crippen LogP contribution in [0.4, 0.5) is 0 Å². The molecule has 0 atom stereocenters. The van der Waals surface area contributed by atoms with Gasteiger partial charge in [-0.1, -0.05) is 65.2 Å². The Labute approximate surface area is 206 Å². The van der Waals surface area contributed by atoms with Crippen LogP contribution >= 0.6 is 0 Å². The SMILES string of the molecule is CCCCCCCc1cc(O)cc2c1C(=O)Oc1cc(O)c(C(=O)O)c(CCCCCCC)c1O2. The normalized spacial score (nSPS) is 12.3. The number of benzene rings is 2. The van der Waals surface area contributed by atoms with Gasteiger partial charge < -0.3 is 24.8 Å². The molecule has 1 aliphatic heterocycles. The number of aryl methyl sites for hydroxylation is 1. The number of carboxylic acid groups (broad SMARTS) is 1. The maximum absolute atomic E-state index is 13.1. The predicted molar refractivity (Wildman–Crippen MR) is 133 cm³/mol. The number of carbonyl (C=O) groups is 2. The lowest BCUT2D eigenvalue weighted by Crippen LogP contribution is -2.11. The number of fused-ring (bicyclic) bond motifs is 2. The zero-order valence-electron chi connectivity index (χ0n) is 20.7. The lowest BCUT2D eigenvalue weighted by molar-refractivity contribution is 0.0691. The molecule has 1 heterocycles.